The minimum absolute atomic E-state index is 0.221. The first-order valence-electron chi connectivity index (χ1n) is 5.77. The highest BCUT2D eigenvalue weighted by Crippen LogP contribution is 2.30. The van der Waals surface area contributed by atoms with Gasteiger partial charge in [-0.1, -0.05) is 6.42 Å². The summed E-state index contributed by atoms with van der Waals surface area (Å²) in [5.74, 6) is 0.388. The van der Waals surface area contributed by atoms with Gasteiger partial charge in [0.2, 0.25) is 0 Å². The van der Waals surface area contributed by atoms with Crippen LogP contribution in [0.25, 0.3) is 0 Å². The molecule has 1 aliphatic carbocycles. The van der Waals surface area contributed by atoms with Crippen molar-refractivity contribution < 1.29 is 14.6 Å². The summed E-state index contributed by atoms with van der Waals surface area (Å²) in [6.45, 7) is 1.42. The zero-order valence-corrected chi connectivity index (χ0v) is 8.65. The molecular formula is C11H20O3. The molecule has 2 rings (SSSR count). The van der Waals surface area contributed by atoms with Gasteiger partial charge in [-0.25, -0.2) is 0 Å². The summed E-state index contributed by atoms with van der Waals surface area (Å²) >= 11 is 0. The Labute approximate surface area is 85.4 Å². The van der Waals surface area contributed by atoms with Gasteiger partial charge in [-0.2, -0.15) is 0 Å². The van der Waals surface area contributed by atoms with Crippen LogP contribution in [-0.2, 0) is 9.47 Å². The lowest BCUT2D eigenvalue weighted by atomic mass is 9.85. The van der Waals surface area contributed by atoms with Crippen LogP contribution in [0.5, 0.6) is 0 Å². The Morgan fingerprint density at radius 2 is 2.07 bits per heavy atom. The first-order valence-corrected chi connectivity index (χ1v) is 5.77. The summed E-state index contributed by atoms with van der Waals surface area (Å²) in [6.07, 6.45) is 6.63. The highest BCUT2D eigenvalue weighted by molar-refractivity contribution is 4.72. The lowest BCUT2D eigenvalue weighted by Gasteiger charge is -2.31. The molecule has 0 radical (unpaired) electrons. The molecule has 3 nitrogen and oxygen atoms in total. The molecule has 1 saturated carbocycles. The zero-order chi connectivity index (χ0) is 9.80. The van der Waals surface area contributed by atoms with Crippen LogP contribution in [0.1, 0.15) is 38.5 Å². The van der Waals surface area contributed by atoms with Gasteiger partial charge < -0.3 is 14.6 Å². The average molecular weight is 200 g/mol. The Bertz CT molecular complexity index is 160. The highest BCUT2D eigenvalue weighted by Gasteiger charge is 2.27. The van der Waals surface area contributed by atoms with Crippen molar-refractivity contribution in [2.45, 2.75) is 50.9 Å². The summed E-state index contributed by atoms with van der Waals surface area (Å²) in [5, 5.41) is 9.62. The van der Waals surface area contributed by atoms with Crippen LogP contribution in [-0.4, -0.2) is 30.7 Å². The third-order valence-corrected chi connectivity index (χ3v) is 3.28. The molecule has 2 fully saturated rings. The number of aliphatic hydroxyl groups is 1. The second kappa shape index (κ2) is 5.10. The molecule has 0 bridgehead atoms. The van der Waals surface area contributed by atoms with Crippen LogP contribution in [0, 0.1) is 5.92 Å². The third kappa shape index (κ3) is 2.69. The van der Waals surface area contributed by atoms with Gasteiger partial charge in [-0.15, -0.1) is 0 Å². The van der Waals surface area contributed by atoms with E-state index in [2.05, 4.69) is 0 Å². The van der Waals surface area contributed by atoms with E-state index in [1.807, 2.05) is 0 Å². The number of ether oxygens (including phenoxy) is 2. The van der Waals surface area contributed by atoms with E-state index in [0.717, 1.165) is 25.9 Å². The van der Waals surface area contributed by atoms with E-state index in [0.29, 0.717) is 12.5 Å². The summed E-state index contributed by atoms with van der Waals surface area (Å²) in [5.41, 5.74) is 0. The molecule has 0 aromatic rings. The maximum Gasteiger partial charge on any atom is 0.157 e. The molecule has 2 atom stereocenters. The predicted molar refractivity (Wildman–Crippen MR) is 52.9 cm³/mol. The zero-order valence-electron chi connectivity index (χ0n) is 8.65. The van der Waals surface area contributed by atoms with Crippen molar-refractivity contribution in [2.24, 2.45) is 5.92 Å². The van der Waals surface area contributed by atoms with Crippen molar-refractivity contribution in [3.63, 3.8) is 0 Å². The smallest absolute Gasteiger partial charge is 0.157 e. The van der Waals surface area contributed by atoms with E-state index in [1.165, 1.54) is 19.3 Å². The summed E-state index contributed by atoms with van der Waals surface area (Å²) in [4.78, 5) is 0. The van der Waals surface area contributed by atoms with Gasteiger partial charge in [0.1, 0.15) is 0 Å². The molecule has 82 valence electrons. The lowest BCUT2D eigenvalue weighted by molar-refractivity contribution is -0.175. The van der Waals surface area contributed by atoms with Crippen molar-refractivity contribution in [1.82, 2.24) is 0 Å². The van der Waals surface area contributed by atoms with Crippen molar-refractivity contribution in [1.29, 1.82) is 0 Å². The fourth-order valence-corrected chi connectivity index (χ4v) is 2.01. The van der Waals surface area contributed by atoms with Gasteiger partial charge in [0.15, 0.2) is 6.29 Å². The van der Waals surface area contributed by atoms with E-state index in [-0.39, 0.29) is 6.10 Å². The largest absolute Gasteiger partial charge is 0.376 e. The first kappa shape index (κ1) is 10.4. The standard InChI is InChI=1S/C11H20O3/c12-11(9-4-3-5-9)14-8-10-6-1-2-7-13-10/h9-12H,1-8H2. The van der Waals surface area contributed by atoms with Crippen LogP contribution < -0.4 is 0 Å². The monoisotopic (exact) mass is 200 g/mol. The van der Waals surface area contributed by atoms with E-state index in [4.69, 9.17) is 9.47 Å². The van der Waals surface area contributed by atoms with Crippen LogP contribution in [0.2, 0.25) is 0 Å². The normalized spacial score (nSPS) is 31.1. The molecular weight excluding hydrogens is 180 g/mol. The molecule has 0 aromatic carbocycles. The van der Waals surface area contributed by atoms with Crippen LogP contribution in [0.4, 0.5) is 0 Å². The Morgan fingerprint density at radius 3 is 2.64 bits per heavy atom. The average Bonchev–Trinajstić information content (AvgIpc) is 2.14. The fraction of sp³-hybridized carbons (Fsp3) is 1.00. The number of hydrogen-bond donors (Lipinski definition) is 1. The third-order valence-electron chi connectivity index (χ3n) is 3.28. The minimum Gasteiger partial charge on any atom is -0.376 e. The Balaban J connectivity index is 1.60. The van der Waals surface area contributed by atoms with Crippen molar-refractivity contribution in [2.75, 3.05) is 13.2 Å². The second-order valence-electron chi connectivity index (χ2n) is 4.40. The minimum atomic E-state index is -0.547. The van der Waals surface area contributed by atoms with Gasteiger partial charge in [-0.3, -0.25) is 0 Å². The van der Waals surface area contributed by atoms with Crippen molar-refractivity contribution in [3.05, 3.63) is 0 Å². The molecule has 0 spiro atoms. The topological polar surface area (TPSA) is 38.7 Å². The quantitative estimate of drug-likeness (QED) is 0.702. The molecule has 1 saturated heterocycles. The lowest BCUT2D eigenvalue weighted by Crippen LogP contribution is -2.33. The Kier molecular flexibility index (Phi) is 3.79. The Morgan fingerprint density at radius 1 is 1.21 bits per heavy atom. The second-order valence-corrected chi connectivity index (χ2v) is 4.40. The number of rotatable bonds is 4. The summed E-state index contributed by atoms with van der Waals surface area (Å²) < 4.78 is 10.9. The highest BCUT2D eigenvalue weighted by atomic mass is 16.6. The molecule has 2 unspecified atom stereocenters. The van der Waals surface area contributed by atoms with Crippen LogP contribution in [0.15, 0.2) is 0 Å². The van der Waals surface area contributed by atoms with Gasteiger partial charge in [0, 0.05) is 12.5 Å². The molecule has 2 aliphatic rings. The Hall–Kier alpha value is -0.120. The SMILES string of the molecule is OC(OCC1CCCCO1)C1CCC1. The predicted octanol–water partition coefficient (Wildman–Crippen LogP) is 1.69. The van der Waals surface area contributed by atoms with E-state index in [9.17, 15) is 5.11 Å². The molecule has 1 heterocycles. The molecule has 0 amide bonds. The number of aliphatic hydroxyl groups excluding tert-OH is 1. The first-order chi connectivity index (χ1) is 6.86. The van der Waals surface area contributed by atoms with E-state index in [1.54, 1.807) is 0 Å². The van der Waals surface area contributed by atoms with E-state index < -0.39 is 6.29 Å². The van der Waals surface area contributed by atoms with Gasteiger partial charge in [-0.05, 0) is 32.1 Å². The maximum atomic E-state index is 9.62. The van der Waals surface area contributed by atoms with Crippen LogP contribution in [0.3, 0.4) is 0 Å². The number of hydrogen-bond acceptors (Lipinski definition) is 3. The van der Waals surface area contributed by atoms with Crippen molar-refractivity contribution in [3.8, 4) is 0 Å². The van der Waals surface area contributed by atoms with Gasteiger partial charge >= 0.3 is 0 Å². The summed E-state index contributed by atoms with van der Waals surface area (Å²) in [7, 11) is 0. The van der Waals surface area contributed by atoms with Gasteiger partial charge in [0.05, 0.1) is 12.7 Å². The van der Waals surface area contributed by atoms with Gasteiger partial charge in [0.25, 0.3) is 0 Å². The molecule has 14 heavy (non-hydrogen) atoms. The van der Waals surface area contributed by atoms with E-state index >= 15 is 0 Å². The molecule has 3 heteroatoms. The summed E-state index contributed by atoms with van der Waals surface area (Å²) in [6, 6.07) is 0. The molecule has 0 aromatic heterocycles. The fourth-order valence-electron chi connectivity index (χ4n) is 2.01. The van der Waals surface area contributed by atoms with Crippen molar-refractivity contribution >= 4 is 0 Å². The maximum absolute atomic E-state index is 9.62. The molecule has 1 aliphatic heterocycles. The van der Waals surface area contributed by atoms with Crippen LogP contribution >= 0.6 is 0 Å². The molecule has 1 N–H and O–H groups in total.